The van der Waals surface area contributed by atoms with E-state index in [1.54, 1.807) is 0 Å². The first kappa shape index (κ1) is 49.9. The van der Waals surface area contributed by atoms with Gasteiger partial charge in [-0.3, -0.25) is 24.1 Å². The summed E-state index contributed by atoms with van der Waals surface area (Å²) in [5, 5.41) is 18.0. The Morgan fingerprint density at radius 1 is 0.574 bits per heavy atom. The monoisotopic (exact) mass is 681 g/mol. The fourth-order valence-corrected chi connectivity index (χ4v) is 5.18. The van der Waals surface area contributed by atoms with Gasteiger partial charge >= 0.3 is 41.5 Å². The van der Waals surface area contributed by atoms with Crippen LogP contribution >= 0.6 is 0 Å². The van der Waals surface area contributed by atoms with Gasteiger partial charge in [0.15, 0.2) is 0 Å². The minimum atomic E-state index is -1.34. The molecule has 0 aliphatic heterocycles. The van der Waals surface area contributed by atoms with Crippen molar-refractivity contribution in [3.63, 3.8) is 0 Å². The SMILES string of the molecule is CCCCCCCCCCCC(=O)N(C(=O)CCCCCCCCCCC)C(CCC(N)=O)C(=O)O.NCCCCC(N)C(=O)O.[H-].[Na+]. The van der Waals surface area contributed by atoms with Crippen LogP contribution in [0.4, 0.5) is 0 Å². The Morgan fingerprint density at radius 2 is 0.957 bits per heavy atom. The third-order valence-electron chi connectivity index (χ3n) is 8.07. The molecule has 0 saturated heterocycles. The van der Waals surface area contributed by atoms with E-state index in [-0.39, 0.29) is 56.7 Å². The molecular formula is C35H69N4NaO7. The van der Waals surface area contributed by atoms with Crippen LogP contribution in [0.3, 0.4) is 0 Å². The number of carbonyl (C=O) groups excluding carboxylic acids is 3. The van der Waals surface area contributed by atoms with E-state index in [9.17, 15) is 29.1 Å². The number of nitrogens with two attached hydrogens (primary N) is 3. The number of rotatable bonds is 30. The largest absolute Gasteiger partial charge is 1.00 e. The maximum Gasteiger partial charge on any atom is 1.00 e. The summed E-state index contributed by atoms with van der Waals surface area (Å²) in [6, 6.07) is -2.05. The number of primary amides is 1. The van der Waals surface area contributed by atoms with Crippen LogP contribution in [0, 0.1) is 0 Å². The van der Waals surface area contributed by atoms with Gasteiger partial charge in [-0.25, -0.2) is 4.79 Å². The van der Waals surface area contributed by atoms with Gasteiger partial charge in [0.1, 0.15) is 12.1 Å². The Balaban J connectivity index is -0.000000694. The van der Waals surface area contributed by atoms with Crippen LogP contribution in [0.15, 0.2) is 0 Å². The summed E-state index contributed by atoms with van der Waals surface area (Å²) in [4.78, 5) is 60.1. The van der Waals surface area contributed by atoms with Crippen LogP contribution in [0.5, 0.6) is 0 Å². The van der Waals surface area contributed by atoms with E-state index in [1.165, 1.54) is 64.2 Å². The third kappa shape index (κ3) is 31.5. The molecule has 0 aromatic rings. The molecule has 2 unspecified atom stereocenters. The Hall–Kier alpha value is -1.53. The van der Waals surface area contributed by atoms with Crippen molar-refractivity contribution in [1.82, 2.24) is 4.90 Å². The molecule has 12 heteroatoms. The van der Waals surface area contributed by atoms with Gasteiger partial charge in [0.05, 0.1) is 0 Å². The summed E-state index contributed by atoms with van der Waals surface area (Å²) >= 11 is 0. The average molecular weight is 681 g/mol. The molecule has 0 spiro atoms. The number of carbonyl (C=O) groups is 5. The molecule has 0 rings (SSSR count). The van der Waals surface area contributed by atoms with E-state index >= 15 is 0 Å². The van der Waals surface area contributed by atoms with Crippen LogP contribution in [0.25, 0.3) is 0 Å². The number of amides is 3. The Morgan fingerprint density at radius 3 is 1.28 bits per heavy atom. The number of unbranched alkanes of at least 4 members (excludes halogenated alkanes) is 17. The number of hydrogen-bond donors (Lipinski definition) is 5. The van der Waals surface area contributed by atoms with Crippen LogP contribution in [0.1, 0.15) is 176 Å². The Labute approximate surface area is 308 Å². The van der Waals surface area contributed by atoms with Gasteiger partial charge in [-0.05, 0) is 38.6 Å². The maximum atomic E-state index is 13.0. The molecule has 0 aliphatic rings. The molecule has 2 atom stereocenters. The molecule has 0 radical (unpaired) electrons. The number of aliphatic carboxylic acids is 2. The fourth-order valence-electron chi connectivity index (χ4n) is 5.18. The maximum absolute atomic E-state index is 13.0. The summed E-state index contributed by atoms with van der Waals surface area (Å²) in [6.45, 7) is 5.00. The summed E-state index contributed by atoms with van der Waals surface area (Å²) < 4.78 is 0. The minimum absolute atomic E-state index is 0. The normalized spacial score (nSPS) is 11.8. The Kier molecular flexibility index (Phi) is 37.9. The molecule has 0 aromatic carbocycles. The van der Waals surface area contributed by atoms with Crippen LogP contribution < -0.4 is 46.8 Å². The molecule has 0 aliphatic carbocycles. The zero-order valence-electron chi connectivity index (χ0n) is 31.2. The van der Waals surface area contributed by atoms with Gasteiger partial charge in [0, 0.05) is 19.3 Å². The number of imide groups is 1. The second kappa shape index (κ2) is 35.8. The van der Waals surface area contributed by atoms with Gasteiger partial charge in [-0.1, -0.05) is 123 Å². The van der Waals surface area contributed by atoms with Crippen LogP contribution in [-0.4, -0.2) is 63.4 Å². The van der Waals surface area contributed by atoms with E-state index in [4.69, 9.17) is 22.3 Å². The average Bonchev–Trinajstić information content (AvgIpc) is 3.01. The number of carboxylic acids is 2. The number of carboxylic acid groups (broad SMARTS) is 2. The predicted octanol–water partition coefficient (Wildman–Crippen LogP) is 3.55. The van der Waals surface area contributed by atoms with Gasteiger partial charge in [-0.2, -0.15) is 0 Å². The van der Waals surface area contributed by atoms with Crippen molar-refractivity contribution >= 4 is 29.7 Å². The van der Waals surface area contributed by atoms with E-state index in [2.05, 4.69) is 13.8 Å². The first-order valence-corrected chi connectivity index (χ1v) is 18.1. The topological polar surface area (TPSA) is 207 Å². The van der Waals surface area contributed by atoms with Gasteiger partial charge in [0.25, 0.3) is 0 Å². The third-order valence-corrected chi connectivity index (χ3v) is 8.07. The summed E-state index contributed by atoms with van der Waals surface area (Å²) in [5.41, 5.74) is 15.6. The van der Waals surface area contributed by atoms with Crippen molar-refractivity contribution < 1.29 is 65.2 Å². The fraction of sp³-hybridized carbons (Fsp3) is 0.857. The van der Waals surface area contributed by atoms with Crippen LogP contribution in [-0.2, 0) is 24.0 Å². The van der Waals surface area contributed by atoms with E-state index in [1.807, 2.05) is 0 Å². The second-order valence-electron chi connectivity index (χ2n) is 12.4. The van der Waals surface area contributed by atoms with E-state index in [0.717, 1.165) is 56.3 Å². The molecule has 0 fully saturated rings. The van der Waals surface area contributed by atoms with Crippen molar-refractivity contribution in [2.75, 3.05) is 6.54 Å². The first-order chi connectivity index (χ1) is 22.0. The predicted molar refractivity (Wildman–Crippen MR) is 185 cm³/mol. The molecule has 3 amide bonds. The molecule has 11 nitrogen and oxygen atoms in total. The van der Waals surface area contributed by atoms with Crippen LogP contribution in [0.2, 0.25) is 0 Å². The molecule has 0 heterocycles. The summed E-state index contributed by atoms with van der Waals surface area (Å²) in [5.74, 6) is -3.74. The summed E-state index contributed by atoms with van der Waals surface area (Å²) in [6.07, 6.45) is 22.0. The van der Waals surface area contributed by atoms with Gasteiger partial charge < -0.3 is 28.8 Å². The first-order valence-electron chi connectivity index (χ1n) is 18.1. The molecule has 47 heavy (non-hydrogen) atoms. The van der Waals surface area contributed by atoms with E-state index < -0.39 is 41.7 Å². The standard InChI is InChI=1S/C29H54N2O5.C6H14N2O2.Na.H/c1-3-5-7-9-11-13-15-17-19-21-27(33)31(25(29(35)36)23-24-26(30)32)28(34)22-20-18-16-14-12-10-8-6-4-2;7-4-2-1-3-5(8)6(9)10;;/h25H,3-24H2,1-2H3,(H2,30,32)(H,35,36);5H,1-4,7-8H2,(H,9,10);;/q;;+1;-1. The van der Waals surface area contributed by atoms with Crippen molar-refractivity contribution in [2.24, 2.45) is 17.2 Å². The smallest absolute Gasteiger partial charge is 1.00 e. The van der Waals surface area contributed by atoms with Gasteiger partial charge in [-0.15, -0.1) is 0 Å². The molecule has 272 valence electrons. The molecule has 0 saturated carbocycles. The van der Waals surface area contributed by atoms with Crippen molar-refractivity contribution in [1.29, 1.82) is 0 Å². The summed E-state index contributed by atoms with van der Waals surface area (Å²) in [7, 11) is 0. The zero-order chi connectivity index (χ0) is 35.0. The molecule has 8 N–H and O–H groups in total. The van der Waals surface area contributed by atoms with Crippen molar-refractivity contribution in [3.8, 4) is 0 Å². The van der Waals surface area contributed by atoms with Gasteiger partial charge in [0.2, 0.25) is 17.7 Å². The van der Waals surface area contributed by atoms with Crippen molar-refractivity contribution in [3.05, 3.63) is 0 Å². The zero-order valence-corrected chi connectivity index (χ0v) is 32.2. The Bertz CT molecular complexity index is 790. The molecule has 0 aromatic heterocycles. The number of nitrogens with zero attached hydrogens (tertiary/aromatic N) is 1. The number of hydrogen-bond acceptors (Lipinski definition) is 7. The molecular weight excluding hydrogens is 611 g/mol. The molecule has 0 bridgehead atoms. The minimum Gasteiger partial charge on any atom is -1.00 e. The van der Waals surface area contributed by atoms with E-state index in [0.29, 0.717) is 25.8 Å². The van der Waals surface area contributed by atoms with Crippen molar-refractivity contribution in [2.45, 2.75) is 186 Å². The second-order valence-corrected chi connectivity index (χ2v) is 12.4. The quantitative estimate of drug-likeness (QED) is 0.0555.